The van der Waals surface area contributed by atoms with E-state index < -0.39 is 0 Å². The Labute approximate surface area is 84.5 Å². The summed E-state index contributed by atoms with van der Waals surface area (Å²) >= 11 is 0. The van der Waals surface area contributed by atoms with Gasteiger partial charge in [-0.1, -0.05) is 13.8 Å². The minimum Gasteiger partial charge on any atom is -0.494 e. The monoisotopic (exact) mass is 195 g/mol. The van der Waals surface area contributed by atoms with Crippen molar-refractivity contribution in [1.29, 1.82) is 0 Å². The Balaban J connectivity index is 2.76. The summed E-state index contributed by atoms with van der Waals surface area (Å²) in [5.41, 5.74) is 6.40. The second kappa shape index (κ2) is 4.69. The lowest BCUT2D eigenvalue weighted by atomic mass is 10.2. The quantitative estimate of drug-likeness (QED) is 0.768. The highest BCUT2D eigenvalue weighted by molar-refractivity contribution is 5.68. The van der Waals surface area contributed by atoms with Gasteiger partial charge < -0.3 is 15.8 Å². The molecular formula is C10H17N3O. The molecule has 1 aromatic heterocycles. The molecule has 0 fully saturated rings. The third-order valence-corrected chi connectivity index (χ3v) is 1.85. The molecule has 0 saturated carbocycles. The lowest BCUT2D eigenvalue weighted by molar-refractivity contribution is 0.416. The number of pyridine rings is 1. The van der Waals surface area contributed by atoms with Gasteiger partial charge in [0.2, 0.25) is 0 Å². The SMILES string of the molecule is COc1ccnc(NCC(C)C)c1N. The van der Waals surface area contributed by atoms with Gasteiger partial charge in [0, 0.05) is 18.8 Å². The highest BCUT2D eigenvalue weighted by Gasteiger charge is 2.05. The first-order chi connectivity index (χ1) is 6.65. The fourth-order valence-electron chi connectivity index (χ4n) is 1.08. The molecule has 0 unspecified atom stereocenters. The Kier molecular flexibility index (Phi) is 3.56. The van der Waals surface area contributed by atoms with E-state index in [2.05, 4.69) is 24.1 Å². The number of ether oxygens (including phenoxy) is 1. The first kappa shape index (κ1) is 10.6. The van der Waals surface area contributed by atoms with Gasteiger partial charge in [0.15, 0.2) is 5.82 Å². The zero-order chi connectivity index (χ0) is 10.6. The molecule has 1 heterocycles. The van der Waals surface area contributed by atoms with Crippen LogP contribution in [0.15, 0.2) is 12.3 Å². The van der Waals surface area contributed by atoms with Crippen molar-refractivity contribution < 1.29 is 4.74 Å². The number of hydrogen-bond donors (Lipinski definition) is 2. The third-order valence-electron chi connectivity index (χ3n) is 1.85. The second-order valence-electron chi connectivity index (χ2n) is 3.55. The predicted octanol–water partition coefficient (Wildman–Crippen LogP) is 1.74. The molecule has 0 aliphatic heterocycles. The number of nitrogens with two attached hydrogens (primary N) is 1. The number of anilines is 2. The van der Waals surface area contributed by atoms with Crippen LogP contribution in [0.3, 0.4) is 0 Å². The van der Waals surface area contributed by atoms with E-state index in [1.54, 1.807) is 19.4 Å². The standard InChI is InChI=1S/C10H17N3O/c1-7(2)6-13-10-9(11)8(14-3)4-5-12-10/h4-5,7H,6,11H2,1-3H3,(H,12,13). The Morgan fingerprint density at radius 1 is 1.57 bits per heavy atom. The Morgan fingerprint density at radius 2 is 2.29 bits per heavy atom. The van der Waals surface area contributed by atoms with E-state index in [1.165, 1.54) is 0 Å². The van der Waals surface area contributed by atoms with Crippen LogP contribution in [0.4, 0.5) is 11.5 Å². The topological polar surface area (TPSA) is 60.2 Å². The van der Waals surface area contributed by atoms with E-state index >= 15 is 0 Å². The van der Waals surface area contributed by atoms with Crippen LogP contribution < -0.4 is 15.8 Å². The fraction of sp³-hybridized carbons (Fsp3) is 0.500. The lowest BCUT2D eigenvalue weighted by Gasteiger charge is -2.12. The molecule has 0 bridgehead atoms. The summed E-state index contributed by atoms with van der Waals surface area (Å²) in [4.78, 5) is 4.14. The van der Waals surface area contributed by atoms with Gasteiger partial charge in [-0.3, -0.25) is 0 Å². The largest absolute Gasteiger partial charge is 0.494 e. The Hall–Kier alpha value is -1.45. The van der Waals surface area contributed by atoms with Gasteiger partial charge in [0.25, 0.3) is 0 Å². The maximum atomic E-state index is 5.83. The van der Waals surface area contributed by atoms with E-state index in [9.17, 15) is 0 Å². The smallest absolute Gasteiger partial charge is 0.153 e. The van der Waals surface area contributed by atoms with Crippen LogP contribution >= 0.6 is 0 Å². The van der Waals surface area contributed by atoms with Crippen LogP contribution in [-0.2, 0) is 0 Å². The second-order valence-corrected chi connectivity index (χ2v) is 3.55. The van der Waals surface area contributed by atoms with Crippen LogP contribution in [0.1, 0.15) is 13.8 Å². The minimum absolute atomic E-state index is 0.558. The van der Waals surface area contributed by atoms with Gasteiger partial charge in [-0.25, -0.2) is 4.98 Å². The first-order valence-electron chi connectivity index (χ1n) is 4.67. The van der Waals surface area contributed by atoms with Crippen LogP contribution in [0, 0.1) is 5.92 Å². The van der Waals surface area contributed by atoms with Crippen LogP contribution in [0.2, 0.25) is 0 Å². The molecule has 0 saturated heterocycles. The maximum Gasteiger partial charge on any atom is 0.153 e. The van der Waals surface area contributed by atoms with Crippen molar-refractivity contribution >= 4 is 11.5 Å². The molecule has 0 spiro atoms. The molecule has 0 aliphatic carbocycles. The molecule has 4 heteroatoms. The molecule has 4 nitrogen and oxygen atoms in total. The van der Waals surface area contributed by atoms with E-state index in [0.29, 0.717) is 23.2 Å². The zero-order valence-corrected chi connectivity index (χ0v) is 8.87. The van der Waals surface area contributed by atoms with Gasteiger partial charge in [0.1, 0.15) is 11.4 Å². The minimum atomic E-state index is 0.558. The normalized spacial score (nSPS) is 10.3. The van der Waals surface area contributed by atoms with Crippen LogP contribution in [0.25, 0.3) is 0 Å². The summed E-state index contributed by atoms with van der Waals surface area (Å²) in [5.74, 6) is 1.91. The molecule has 0 atom stereocenters. The number of nitrogen functional groups attached to an aromatic ring is 1. The van der Waals surface area contributed by atoms with Crippen LogP contribution in [-0.4, -0.2) is 18.6 Å². The van der Waals surface area contributed by atoms with E-state index in [-0.39, 0.29) is 0 Å². The number of nitrogens with one attached hydrogen (secondary N) is 1. The van der Waals surface area contributed by atoms with Gasteiger partial charge in [-0.15, -0.1) is 0 Å². The molecule has 14 heavy (non-hydrogen) atoms. The van der Waals surface area contributed by atoms with Crippen molar-refractivity contribution in [2.24, 2.45) is 5.92 Å². The molecule has 0 amide bonds. The summed E-state index contributed by atoms with van der Waals surface area (Å²) in [6, 6.07) is 1.75. The molecule has 0 radical (unpaired) electrons. The van der Waals surface area contributed by atoms with Gasteiger partial charge in [-0.05, 0) is 5.92 Å². The maximum absolute atomic E-state index is 5.83. The molecule has 0 aliphatic rings. The van der Waals surface area contributed by atoms with E-state index in [0.717, 1.165) is 6.54 Å². The summed E-state index contributed by atoms with van der Waals surface area (Å²) in [6.07, 6.45) is 1.68. The fourth-order valence-corrected chi connectivity index (χ4v) is 1.08. The third kappa shape index (κ3) is 2.52. The lowest BCUT2D eigenvalue weighted by Crippen LogP contribution is -2.11. The molecular weight excluding hydrogens is 178 g/mol. The van der Waals surface area contributed by atoms with Crippen molar-refractivity contribution in [2.75, 3.05) is 24.7 Å². The van der Waals surface area contributed by atoms with Crippen molar-refractivity contribution in [3.63, 3.8) is 0 Å². The Morgan fingerprint density at radius 3 is 2.86 bits per heavy atom. The van der Waals surface area contributed by atoms with Crippen molar-refractivity contribution in [3.8, 4) is 5.75 Å². The summed E-state index contributed by atoms with van der Waals surface area (Å²) in [6.45, 7) is 5.11. The number of methoxy groups -OCH3 is 1. The average molecular weight is 195 g/mol. The first-order valence-corrected chi connectivity index (χ1v) is 4.67. The Bertz CT molecular complexity index is 299. The van der Waals surface area contributed by atoms with Gasteiger partial charge in [0.05, 0.1) is 7.11 Å². The van der Waals surface area contributed by atoms with Gasteiger partial charge in [-0.2, -0.15) is 0 Å². The van der Waals surface area contributed by atoms with Gasteiger partial charge >= 0.3 is 0 Å². The number of nitrogens with zero attached hydrogens (tertiary/aromatic N) is 1. The summed E-state index contributed by atoms with van der Waals surface area (Å²) < 4.78 is 5.09. The predicted molar refractivity (Wildman–Crippen MR) is 58.5 cm³/mol. The molecule has 0 aromatic carbocycles. The van der Waals surface area contributed by atoms with E-state index in [1.807, 2.05) is 0 Å². The van der Waals surface area contributed by atoms with E-state index in [4.69, 9.17) is 10.5 Å². The summed E-state index contributed by atoms with van der Waals surface area (Å²) in [5, 5.41) is 3.17. The van der Waals surface area contributed by atoms with Crippen molar-refractivity contribution in [1.82, 2.24) is 4.98 Å². The summed E-state index contributed by atoms with van der Waals surface area (Å²) in [7, 11) is 1.60. The number of rotatable bonds is 4. The van der Waals surface area contributed by atoms with Crippen LogP contribution in [0.5, 0.6) is 5.75 Å². The zero-order valence-electron chi connectivity index (χ0n) is 8.87. The van der Waals surface area contributed by atoms with Crippen molar-refractivity contribution in [2.45, 2.75) is 13.8 Å². The molecule has 3 N–H and O–H groups in total. The highest BCUT2D eigenvalue weighted by atomic mass is 16.5. The number of aromatic nitrogens is 1. The average Bonchev–Trinajstić information content (AvgIpc) is 2.16. The van der Waals surface area contributed by atoms with Crippen molar-refractivity contribution in [3.05, 3.63) is 12.3 Å². The molecule has 1 rings (SSSR count). The molecule has 1 aromatic rings. The number of hydrogen-bond acceptors (Lipinski definition) is 4. The highest BCUT2D eigenvalue weighted by Crippen LogP contribution is 2.26. The molecule has 78 valence electrons.